The summed E-state index contributed by atoms with van der Waals surface area (Å²) >= 11 is 0. The van der Waals surface area contributed by atoms with Crippen molar-refractivity contribution in [3.05, 3.63) is 148 Å². The zero-order valence-electron chi connectivity index (χ0n) is 32.5. The lowest BCUT2D eigenvalue weighted by Crippen LogP contribution is -2.45. The SMILES string of the molecule is [C-]#[N+]c1ccc(C#Cc2ccc(C(=O)N[C@@H](Cc3cn[nH]n3)C(=O)Nc3ccc(C(=O)Nc4ccc(C(=O)Nc5ccc(C(=O)O)c(O)c5OC)c(O)c4OC)nc3)cc2)cc1. The standard InChI is InChI=1S/C43H33N9O10/c1-44-26-12-8-24(9-13-26)5-4-23-6-10-25(11-7-23)39(55)50-34(20-28-22-46-52-51-28)42(58)47-27-14-17-33(45-21-27)41(57)49-32-18-15-29(35(53)37(32)61-2)40(56)48-31-19-16-30(43(59)60)36(54)38(31)62-3/h6-19,21-22,34,53-54H,20H2,2-3H3,(H,47,58)(H,48,56)(H,49,57)(H,50,55)(H,59,60)(H,46,51,52)/t34-/m0/s1. The number of carbonyl (C=O) groups excluding carboxylic acids is 4. The van der Waals surface area contributed by atoms with Gasteiger partial charge in [0, 0.05) is 23.1 Å². The number of carbonyl (C=O) groups is 5. The number of aromatic amines is 1. The normalized spacial score (nSPS) is 10.8. The van der Waals surface area contributed by atoms with E-state index >= 15 is 0 Å². The van der Waals surface area contributed by atoms with E-state index in [-0.39, 0.29) is 51.8 Å². The van der Waals surface area contributed by atoms with Gasteiger partial charge in [0.05, 0.1) is 61.5 Å². The zero-order chi connectivity index (χ0) is 44.3. The summed E-state index contributed by atoms with van der Waals surface area (Å²) in [6.07, 6.45) is 2.61. The molecule has 1 atom stereocenters. The van der Waals surface area contributed by atoms with Crippen LogP contribution in [-0.4, -0.2) is 85.6 Å². The average molecular weight is 836 g/mol. The molecule has 19 heteroatoms. The zero-order valence-corrected chi connectivity index (χ0v) is 32.5. The van der Waals surface area contributed by atoms with Crippen LogP contribution in [0.5, 0.6) is 23.0 Å². The van der Waals surface area contributed by atoms with Crippen LogP contribution in [-0.2, 0) is 11.2 Å². The maximum absolute atomic E-state index is 13.5. The molecule has 62 heavy (non-hydrogen) atoms. The number of nitrogens with zero attached hydrogens (tertiary/aromatic N) is 4. The van der Waals surface area contributed by atoms with Crippen molar-refractivity contribution in [1.29, 1.82) is 0 Å². The molecule has 0 saturated heterocycles. The fourth-order valence-corrected chi connectivity index (χ4v) is 5.77. The van der Waals surface area contributed by atoms with Crippen LogP contribution in [0, 0.1) is 18.4 Å². The number of carboxylic acid groups (broad SMARTS) is 1. The van der Waals surface area contributed by atoms with Crippen molar-refractivity contribution >= 4 is 52.3 Å². The first-order valence-electron chi connectivity index (χ1n) is 18.1. The highest BCUT2D eigenvalue weighted by Gasteiger charge is 2.26. The summed E-state index contributed by atoms with van der Waals surface area (Å²) in [5, 5.41) is 51.1. The van der Waals surface area contributed by atoms with Gasteiger partial charge in [-0.1, -0.05) is 36.1 Å². The van der Waals surface area contributed by atoms with Crippen LogP contribution in [0.4, 0.5) is 22.7 Å². The van der Waals surface area contributed by atoms with E-state index in [1.807, 2.05) is 0 Å². The van der Waals surface area contributed by atoms with Gasteiger partial charge in [-0.05, 0) is 60.7 Å². The Bertz CT molecular complexity index is 2780. The third-order valence-corrected chi connectivity index (χ3v) is 8.90. The first-order valence-corrected chi connectivity index (χ1v) is 18.1. The minimum atomic E-state index is -1.42. The number of amides is 4. The summed E-state index contributed by atoms with van der Waals surface area (Å²) in [5.74, 6) is -0.200. The Labute approximate surface area is 351 Å². The molecule has 8 N–H and O–H groups in total. The molecule has 4 amide bonds. The molecule has 2 heterocycles. The lowest BCUT2D eigenvalue weighted by molar-refractivity contribution is -0.118. The molecule has 0 bridgehead atoms. The summed E-state index contributed by atoms with van der Waals surface area (Å²) in [4.78, 5) is 72.0. The highest BCUT2D eigenvalue weighted by atomic mass is 16.5. The van der Waals surface area contributed by atoms with Crippen molar-refractivity contribution in [2.24, 2.45) is 0 Å². The van der Waals surface area contributed by atoms with Crippen molar-refractivity contribution < 1.29 is 48.8 Å². The Balaban J connectivity index is 1.10. The third-order valence-electron chi connectivity index (χ3n) is 8.90. The Kier molecular flexibility index (Phi) is 13.0. The predicted molar refractivity (Wildman–Crippen MR) is 222 cm³/mol. The van der Waals surface area contributed by atoms with E-state index in [1.165, 1.54) is 49.8 Å². The molecule has 19 nitrogen and oxygen atoms in total. The Morgan fingerprint density at radius 1 is 0.742 bits per heavy atom. The maximum Gasteiger partial charge on any atom is 0.339 e. The molecule has 6 aromatic rings. The second-order valence-electron chi connectivity index (χ2n) is 12.9. The van der Waals surface area contributed by atoms with Gasteiger partial charge in [-0.2, -0.15) is 15.4 Å². The van der Waals surface area contributed by atoms with Gasteiger partial charge < -0.3 is 46.1 Å². The molecular formula is C43H33N9O10. The smallest absolute Gasteiger partial charge is 0.339 e. The molecule has 0 aliphatic heterocycles. The van der Waals surface area contributed by atoms with Crippen LogP contribution in [0.1, 0.15) is 58.4 Å². The molecule has 0 saturated carbocycles. The number of anilines is 3. The van der Waals surface area contributed by atoms with E-state index in [0.29, 0.717) is 16.9 Å². The molecule has 0 unspecified atom stereocenters. The van der Waals surface area contributed by atoms with Gasteiger partial charge in [0.1, 0.15) is 17.3 Å². The minimum Gasteiger partial charge on any atom is -0.504 e. The van der Waals surface area contributed by atoms with Crippen molar-refractivity contribution in [3.8, 4) is 34.8 Å². The molecule has 0 radical (unpaired) electrons. The number of methoxy groups -OCH3 is 2. The Hall–Kier alpha value is -9.23. The van der Waals surface area contributed by atoms with Crippen molar-refractivity contribution in [3.63, 3.8) is 0 Å². The highest BCUT2D eigenvalue weighted by Crippen LogP contribution is 2.40. The van der Waals surface area contributed by atoms with Gasteiger partial charge >= 0.3 is 5.97 Å². The molecule has 0 aliphatic carbocycles. The number of phenols is 2. The quantitative estimate of drug-likeness (QED) is 0.0577. The molecular weight excluding hydrogens is 803 g/mol. The van der Waals surface area contributed by atoms with Crippen LogP contribution >= 0.6 is 0 Å². The number of hydrogen-bond donors (Lipinski definition) is 8. The molecule has 6 rings (SSSR count). The second kappa shape index (κ2) is 19.0. The van der Waals surface area contributed by atoms with Crippen molar-refractivity contribution in [2.45, 2.75) is 12.5 Å². The topological polar surface area (TPSA) is 271 Å². The number of pyridine rings is 1. The summed E-state index contributed by atoms with van der Waals surface area (Å²) in [6.45, 7) is 7.07. The van der Waals surface area contributed by atoms with E-state index in [0.717, 1.165) is 18.7 Å². The van der Waals surface area contributed by atoms with Gasteiger partial charge in [-0.15, -0.1) is 0 Å². The van der Waals surface area contributed by atoms with E-state index in [4.69, 9.17) is 16.0 Å². The Morgan fingerprint density at radius 3 is 1.89 bits per heavy atom. The summed E-state index contributed by atoms with van der Waals surface area (Å²) in [5.41, 5.74) is 1.71. The summed E-state index contributed by atoms with van der Waals surface area (Å²) < 4.78 is 10.4. The van der Waals surface area contributed by atoms with Gasteiger partial charge in [-0.25, -0.2) is 14.6 Å². The second-order valence-corrected chi connectivity index (χ2v) is 12.9. The lowest BCUT2D eigenvalue weighted by Gasteiger charge is -2.18. The number of aromatic carboxylic acids is 1. The van der Waals surface area contributed by atoms with Crippen LogP contribution in [0.15, 0.2) is 97.3 Å². The number of benzene rings is 4. The van der Waals surface area contributed by atoms with E-state index < -0.39 is 52.7 Å². The van der Waals surface area contributed by atoms with Gasteiger partial charge in [-0.3, -0.25) is 19.2 Å². The first-order chi connectivity index (χ1) is 29.9. The van der Waals surface area contributed by atoms with Gasteiger partial charge in [0.15, 0.2) is 28.7 Å². The number of nitrogens with one attached hydrogen (secondary N) is 5. The van der Waals surface area contributed by atoms with Gasteiger partial charge in [0.25, 0.3) is 17.7 Å². The lowest BCUT2D eigenvalue weighted by atomic mass is 10.1. The fraction of sp³-hybridized carbons (Fsp3) is 0.0930. The largest absolute Gasteiger partial charge is 0.504 e. The molecule has 2 aromatic heterocycles. The number of aromatic hydroxyl groups is 2. The van der Waals surface area contributed by atoms with Gasteiger partial charge in [0.2, 0.25) is 5.91 Å². The number of ether oxygens (including phenoxy) is 2. The predicted octanol–water partition coefficient (Wildman–Crippen LogP) is 4.76. The summed E-state index contributed by atoms with van der Waals surface area (Å²) in [6, 6.07) is 19.6. The monoisotopic (exact) mass is 835 g/mol. The molecule has 0 spiro atoms. The van der Waals surface area contributed by atoms with Crippen molar-refractivity contribution in [2.75, 3.05) is 30.2 Å². The molecule has 4 aromatic carbocycles. The number of phenolic OH excluding ortho intramolecular Hbond substituents is 1. The van der Waals surface area contributed by atoms with E-state index in [1.54, 1.807) is 48.5 Å². The Morgan fingerprint density at radius 2 is 1.34 bits per heavy atom. The van der Waals surface area contributed by atoms with Crippen LogP contribution in [0.2, 0.25) is 0 Å². The number of rotatable bonds is 13. The van der Waals surface area contributed by atoms with Crippen LogP contribution in [0.25, 0.3) is 4.85 Å². The highest BCUT2D eigenvalue weighted by molar-refractivity contribution is 6.10. The number of aromatic nitrogens is 4. The van der Waals surface area contributed by atoms with E-state index in [2.05, 4.69) is 58.3 Å². The number of hydrogen-bond acceptors (Lipinski definition) is 12. The van der Waals surface area contributed by atoms with Crippen LogP contribution < -0.4 is 30.7 Å². The maximum atomic E-state index is 13.5. The molecule has 0 fully saturated rings. The average Bonchev–Trinajstić information content (AvgIpc) is 3.79. The van der Waals surface area contributed by atoms with Crippen molar-refractivity contribution in [1.82, 2.24) is 25.7 Å². The van der Waals surface area contributed by atoms with Crippen LogP contribution in [0.3, 0.4) is 0 Å². The summed E-state index contributed by atoms with van der Waals surface area (Å²) in [7, 11) is 2.36. The molecule has 0 aliphatic rings. The fourth-order valence-electron chi connectivity index (χ4n) is 5.77. The molecule has 310 valence electrons. The third kappa shape index (κ3) is 9.89. The number of carboxylic acids is 1. The number of H-pyrrole nitrogens is 1. The first kappa shape index (κ1) is 42.4. The van der Waals surface area contributed by atoms with E-state index in [9.17, 15) is 39.3 Å². The minimum absolute atomic E-state index is 0.0232.